The van der Waals surface area contributed by atoms with E-state index >= 15 is 0 Å². The van der Waals surface area contributed by atoms with Crippen LogP contribution in [0.2, 0.25) is 5.02 Å². The van der Waals surface area contributed by atoms with E-state index < -0.39 is 0 Å². The van der Waals surface area contributed by atoms with Crippen LogP contribution in [0.1, 0.15) is 29.0 Å². The number of nitrogens with one attached hydrogen (secondary N) is 1. The predicted molar refractivity (Wildman–Crippen MR) is 76.2 cm³/mol. The Morgan fingerprint density at radius 1 is 1.11 bits per heavy atom. The lowest BCUT2D eigenvalue weighted by Crippen LogP contribution is -2.21. The number of hydrogen-bond donors (Lipinski definition) is 1. The zero-order valence-corrected chi connectivity index (χ0v) is 11.2. The number of amides is 1. The van der Waals surface area contributed by atoms with Crippen molar-refractivity contribution in [1.29, 1.82) is 0 Å². The first kappa shape index (κ1) is 12.2. The molecular weight excluding hydrogens is 258 g/mol. The first-order valence-corrected chi connectivity index (χ1v) is 6.72. The van der Waals surface area contributed by atoms with Gasteiger partial charge in [-0.3, -0.25) is 4.79 Å². The van der Waals surface area contributed by atoms with Gasteiger partial charge >= 0.3 is 0 Å². The Morgan fingerprint density at radius 2 is 1.89 bits per heavy atom. The molecule has 96 valence electrons. The van der Waals surface area contributed by atoms with E-state index in [0.29, 0.717) is 18.0 Å². The van der Waals surface area contributed by atoms with Crippen LogP contribution in [-0.4, -0.2) is 5.91 Å². The molecule has 1 heterocycles. The predicted octanol–water partition coefficient (Wildman–Crippen LogP) is 3.49. The summed E-state index contributed by atoms with van der Waals surface area (Å²) in [6, 6.07) is 16.0. The maximum Gasteiger partial charge on any atom is 0.221 e. The molecule has 1 aliphatic heterocycles. The van der Waals surface area contributed by atoms with E-state index in [9.17, 15) is 4.79 Å². The third-order valence-corrected chi connectivity index (χ3v) is 3.79. The smallest absolute Gasteiger partial charge is 0.221 e. The highest BCUT2D eigenvalue weighted by atomic mass is 35.5. The van der Waals surface area contributed by atoms with Gasteiger partial charge in [0.1, 0.15) is 0 Å². The van der Waals surface area contributed by atoms with Crippen LogP contribution in [-0.2, 0) is 11.3 Å². The Labute approximate surface area is 117 Å². The quantitative estimate of drug-likeness (QED) is 0.845. The van der Waals surface area contributed by atoms with Crippen LogP contribution in [0.15, 0.2) is 48.5 Å². The number of halogens is 1. The molecule has 1 atom stereocenters. The second-order valence-corrected chi connectivity index (χ2v) is 5.22. The van der Waals surface area contributed by atoms with E-state index in [0.717, 1.165) is 16.7 Å². The normalized spacial score (nSPS) is 18.4. The lowest BCUT2D eigenvalue weighted by molar-refractivity contribution is -0.121. The highest BCUT2D eigenvalue weighted by Crippen LogP contribution is 2.33. The molecule has 2 aromatic rings. The van der Waals surface area contributed by atoms with Crippen molar-refractivity contribution >= 4 is 17.5 Å². The first-order valence-electron chi connectivity index (χ1n) is 6.34. The van der Waals surface area contributed by atoms with Gasteiger partial charge in [-0.2, -0.15) is 0 Å². The first-order chi connectivity index (χ1) is 9.24. The Bertz CT molecular complexity index is 609. The van der Waals surface area contributed by atoms with Gasteiger partial charge in [-0.1, -0.05) is 48.0 Å². The maximum absolute atomic E-state index is 11.9. The number of carbonyl (C=O) groups excluding carboxylic acids is 1. The summed E-state index contributed by atoms with van der Waals surface area (Å²) in [6.45, 7) is 0.578. The standard InChI is InChI=1S/C16H14ClNO/c17-13-7-6-12-10-18-16(19)9-15(14(12)8-13)11-4-2-1-3-5-11/h1-8,15H,9-10H2,(H,18,19). The van der Waals surface area contributed by atoms with Crippen LogP contribution in [0.4, 0.5) is 0 Å². The van der Waals surface area contributed by atoms with Crippen LogP contribution in [0.25, 0.3) is 0 Å². The van der Waals surface area contributed by atoms with Crippen LogP contribution < -0.4 is 5.32 Å². The monoisotopic (exact) mass is 271 g/mol. The van der Waals surface area contributed by atoms with Gasteiger partial charge in [-0.25, -0.2) is 0 Å². The number of carbonyl (C=O) groups is 1. The Balaban J connectivity index is 2.12. The summed E-state index contributed by atoms with van der Waals surface area (Å²) in [6.07, 6.45) is 0.470. The topological polar surface area (TPSA) is 29.1 Å². The summed E-state index contributed by atoms with van der Waals surface area (Å²) in [4.78, 5) is 11.9. The van der Waals surface area contributed by atoms with E-state index in [1.807, 2.05) is 36.4 Å². The van der Waals surface area contributed by atoms with Gasteiger partial charge in [0.15, 0.2) is 0 Å². The number of hydrogen-bond acceptors (Lipinski definition) is 1. The molecular formula is C16H14ClNO. The molecule has 1 aliphatic rings. The van der Waals surface area contributed by atoms with Crippen molar-refractivity contribution in [3.63, 3.8) is 0 Å². The number of rotatable bonds is 1. The summed E-state index contributed by atoms with van der Waals surface area (Å²) in [7, 11) is 0. The fourth-order valence-corrected chi connectivity index (χ4v) is 2.78. The molecule has 0 saturated carbocycles. The van der Waals surface area contributed by atoms with E-state index in [2.05, 4.69) is 17.4 Å². The van der Waals surface area contributed by atoms with Gasteiger partial charge in [0.2, 0.25) is 5.91 Å². The average molecular weight is 272 g/mol. The molecule has 0 bridgehead atoms. The Morgan fingerprint density at radius 3 is 2.68 bits per heavy atom. The van der Waals surface area contributed by atoms with Gasteiger partial charge in [0.25, 0.3) is 0 Å². The molecule has 3 heteroatoms. The highest BCUT2D eigenvalue weighted by Gasteiger charge is 2.24. The van der Waals surface area contributed by atoms with Crippen LogP contribution in [0.3, 0.4) is 0 Å². The fraction of sp³-hybridized carbons (Fsp3) is 0.188. The highest BCUT2D eigenvalue weighted by molar-refractivity contribution is 6.30. The van der Waals surface area contributed by atoms with Gasteiger partial charge in [-0.15, -0.1) is 0 Å². The average Bonchev–Trinajstić information content (AvgIpc) is 2.59. The SMILES string of the molecule is O=C1CC(c2ccccc2)c2cc(Cl)ccc2CN1. The maximum atomic E-state index is 11.9. The molecule has 1 N–H and O–H groups in total. The van der Waals surface area contributed by atoms with E-state index in [1.165, 1.54) is 0 Å². The van der Waals surface area contributed by atoms with Crippen molar-refractivity contribution in [3.05, 3.63) is 70.2 Å². The summed E-state index contributed by atoms with van der Waals surface area (Å²) < 4.78 is 0. The minimum absolute atomic E-state index is 0.0809. The van der Waals surface area contributed by atoms with Crippen molar-refractivity contribution in [2.75, 3.05) is 0 Å². The Hall–Kier alpha value is -1.80. The second-order valence-electron chi connectivity index (χ2n) is 4.79. The summed E-state index contributed by atoms with van der Waals surface area (Å²) in [5.41, 5.74) is 3.45. The van der Waals surface area contributed by atoms with Crippen molar-refractivity contribution in [1.82, 2.24) is 5.32 Å². The molecule has 0 spiro atoms. The molecule has 0 fully saturated rings. The van der Waals surface area contributed by atoms with Crippen LogP contribution in [0.5, 0.6) is 0 Å². The Kier molecular flexibility index (Phi) is 3.26. The van der Waals surface area contributed by atoms with Crippen molar-refractivity contribution in [3.8, 4) is 0 Å². The molecule has 0 aromatic heterocycles. The number of fused-ring (bicyclic) bond motifs is 1. The zero-order valence-electron chi connectivity index (χ0n) is 10.4. The van der Waals surface area contributed by atoms with Crippen molar-refractivity contribution in [2.45, 2.75) is 18.9 Å². The van der Waals surface area contributed by atoms with Crippen molar-refractivity contribution in [2.24, 2.45) is 0 Å². The minimum atomic E-state index is 0.0809. The van der Waals surface area contributed by atoms with E-state index in [4.69, 9.17) is 11.6 Å². The van der Waals surface area contributed by atoms with Crippen LogP contribution in [0, 0.1) is 0 Å². The van der Waals surface area contributed by atoms with Crippen molar-refractivity contribution < 1.29 is 4.79 Å². The summed E-state index contributed by atoms with van der Waals surface area (Å²) in [5, 5.41) is 3.65. The largest absolute Gasteiger partial charge is 0.352 e. The molecule has 0 aliphatic carbocycles. The number of benzene rings is 2. The van der Waals surface area contributed by atoms with Gasteiger partial charge in [0, 0.05) is 23.9 Å². The summed E-state index contributed by atoms with van der Waals surface area (Å²) >= 11 is 6.11. The second kappa shape index (κ2) is 5.06. The van der Waals surface area contributed by atoms with E-state index in [1.54, 1.807) is 0 Å². The molecule has 2 nitrogen and oxygen atoms in total. The van der Waals surface area contributed by atoms with Gasteiger partial charge < -0.3 is 5.32 Å². The van der Waals surface area contributed by atoms with Crippen LogP contribution >= 0.6 is 11.6 Å². The molecule has 1 unspecified atom stereocenters. The molecule has 3 rings (SSSR count). The lowest BCUT2D eigenvalue weighted by Gasteiger charge is -2.17. The molecule has 0 radical (unpaired) electrons. The lowest BCUT2D eigenvalue weighted by atomic mass is 9.86. The minimum Gasteiger partial charge on any atom is -0.352 e. The van der Waals surface area contributed by atoms with Gasteiger partial charge in [-0.05, 0) is 28.8 Å². The molecule has 2 aromatic carbocycles. The molecule has 19 heavy (non-hydrogen) atoms. The fourth-order valence-electron chi connectivity index (χ4n) is 2.60. The molecule has 1 amide bonds. The molecule has 0 saturated heterocycles. The third-order valence-electron chi connectivity index (χ3n) is 3.55. The zero-order chi connectivity index (χ0) is 13.2. The summed E-state index contributed by atoms with van der Waals surface area (Å²) in [5.74, 6) is 0.165. The van der Waals surface area contributed by atoms with E-state index in [-0.39, 0.29) is 11.8 Å². The van der Waals surface area contributed by atoms with Gasteiger partial charge in [0.05, 0.1) is 0 Å². The third kappa shape index (κ3) is 2.49.